The average Bonchev–Trinajstić information content (AvgIpc) is 3.14. The SMILES string of the molecule is CN(C)S(=O)(=O)c1ccc(COC(=O)CCc2ccc3ccccc3n2)o1. The van der Waals surface area contributed by atoms with Gasteiger partial charge in [0.15, 0.2) is 0 Å². The summed E-state index contributed by atoms with van der Waals surface area (Å²) < 4.78 is 35.4. The molecule has 0 amide bonds. The molecule has 1 aromatic carbocycles. The van der Waals surface area contributed by atoms with E-state index < -0.39 is 16.0 Å². The Labute approximate surface area is 157 Å². The number of pyridine rings is 1. The summed E-state index contributed by atoms with van der Waals surface area (Å²) in [5, 5.41) is 0.865. The zero-order chi connectivity index (χ0) is 19.4. The van der Waals surface area contributed by atoms with Gasteiger partial charge in [-0.05, 0) is 24.3 Å². The highest BCUT2D eigenvalue weighted by atomic mass is 32.2. The summed E-state index contributed by atoms with van der Waals surface area (Å²) >= 11 is 0. The second-order valence-electron chi connectivity index (χ2n) is 6.16. The lowest BCUT2D eigenvalue weighted by molar-refractivity contribution is -0.145. The molecule has 7 nitrogen and oxygen atoms in total. The first-order valence-electron chi connectivity index (χ1n) is 8.38. The van der Waals surface area contributed by atoms with E-state index in [0.29, 0.717) is 6.42 Å². The van der Waals surface area contributed by atoms with E-state index in [9.17, 15) is 13.2 Å². The third-order valence-corrected chi connectivity index (χ3v) is 5.68. The maximum absolute atomic E-state index is 12.0. The van der Waals surface area contributed by atoms with Crippen LogP contribution in [0, 0.1) is 0 Å². The molecule has 0 atom stereocenters. The van der Waals surface area contributed by atoms with E-state index in [1.807, 2.05) is 36.4 Å². The monoisotopic (exact) mass is 388 g/mol. The minimum absolute atomic E-state index is 0.118. The van der Waals surface area contributed by atoms with Gasteiger partial charge in [0.2, 0.25) is 5.09 Å². The van der Waals surface area contributed by atoms with Gasteiger partial charge in [-0.15, -0.1) is 0 Å². The Morgan fingerprint density at radius 2 is 1.89 bits per heavy atom. The number of aromatic nitrogens is 1. The quantitative estimate of drug-likeness (QED) is 0.578. The lowest BCUT2D eigenvalue weighted by Crippen LogP contribution is -2.21. The Bertz CT molecular complexity index is 1060. The van der Waals surface area contributed by atoms with Gasteiger partial charge in [-0.25, -0.2) is 12.7 Å². The first-order chi connectivity index (χ1) is 12.9. The maximum atomic E-state index is 12.0. The zero-order valence-electron chi connectivity index (χ0n) is 15.1. The van der Waals surface area contributed by atoms with Crippen molar-refractivity contribution in [3.63, 3.8) is 0 Å². The summed E-state index contributed by atoms with van der Waals surface area (Å²) in [4.78, 5) is 16.5. The van der Waals surface area contributed by atoms with Crippen molar-refractivity contribution in [3.8, 4) is 0 Å². The van der Waals surface area contributed by atoms with Crippen molar-refractivity contribution in [1.29, 1.82) is 0 Å². The third-order valence-electron chi connectivity index (χ3n) is 3.99. The van der Waals surface area contributed by atoms with Gasteiger partial charge in [-0.1, -0.05) is 24.3 Å². The van der Waals surface area contributed by atoms with Gasteiger partial charge < -0.3 is 9.15 Å². The number of sulfonamides is 1. The number of nitrogens with zero attached hydrogens (tertiary/aromatic N) is 2. The number of hydrogen-bond donors (Lipinski definition) is 0. The van der Waals surface area contributed by atoms with Gasteiger partial charge in [0.1, 0.15) is 12.4 Å². The summed E-state index contributed by atoms with van der Waals surface area (Å²) in [7, 11) is -0.811. The van der Waals surface area contributed by atoms with Crippen LogP contribution in [0.2, 0.25) is 0 Å². The first kappa shape index (κ1) is 19.1. The zero-order valence-corrected chi connectivity index (χ0v) is 15.9. The first-order valence-corrected chi connectivity index (χ1v) is 9.82. The van der Waals surface area contributed by atoms with Crippen molar-refractivity contribution in [2.75, 3.05) is 14.1 Å². The maximum Gasteiger partial charge on any atom is 0.306 e. The van der Waals surface area contributed by atoms with Gasteiger partial charge in [-0.2, -0.15) is 0 Å². The van der Waals surface area contributed by atoms with Gasteiger partial charge in [0.25, 0.3) is 10.0 Å². The summed E-state index contributed by atoms with van der Waals surface area (Å²) in [6, 6.07) is 14.5. The van der Waals surface area contributed by atoms with Crippen molar-refractivity contribution in [1.82, 2.24) is 9.29 Å². The van der Waals surface area contributed by atoms with Crippen molar-refractivity contribution in [2.45, 2.75) is 24.5 Å². The summed E-state index contributed by atoms with van der Waals surface area (Å²) in [5.41, 5.74) is 1.69. The van der Waals surface area contributed by atoms with Crippen LogP contribution in [0.5, 0.6) is 0 Å². The molecule has 0 saturated heterocycles. The Kier molecular flexibility index (Phi) is 5.57. The van der Waals surface area contributed by atoms with E-state index in [4.69, 9.17) is 9.15 Å². The van der Waals surface area contributed by atoms with Crippen LogP contribution in [0.3, 0.4) is 0 Å². The molecule has 27 heavy (non-hydrogen) atoms. The Hall–Kier alpha value is -2.71. The predicted octanol–water partition coefficient (Wildman–Crippen LogP) is 2.75. The van der Waals surface area contributed by atoms with Crippen LogP contribution in [-0.2, 0) is 32.6 Å². The fraction of sp³-hybridized carbons (Fsp3) is 0.263. The third kappa shape index (κ3) is 4.53. The van der Waals surface area contributed by atoms with Crippen LogP contribution in [0.1, 0.15) is 17.9 Å². The Balaban J connectivity index is 1.53. The van der Waals surface area contributed by atoms with E-state index in [2.05, 4.69) is 4.98 Å². The summed E-state index contributed by atoms with van der Waals surface area (Å²) in [5.74, 6) is -0.133. The fourth-order valence-corrected chi connectivity index (χ4v) is 3.27. The molecular weight excluding hydrogens is 368 g/mol. The standard InChI is InChI=1S/C19H20N2O5S/c1-21(2)27(23,24)19-12-10-16(26-19)13-25-18(22)11-9-15-8-7-14-5-3-4-6-17(14)20-15/h3-8,10,12H,9,11,13H2,1-2H3. The number of fused-ring (bicyclic) bond motifs is 1. The molecule has 2 aromatic heterocycles. The second kappa shape index (κ2) is 7.89. The lowest BCUT2D eigenvalue weighted by atomic mass is 10.1. The van der Waals surface area contributed by atoms with Gasteiger partial charge in [0.05, 0.1) is 11.9 Å². The van der Waals surface area contributed by atoms with Crippen LogP contribution >= 0.6 is 0 Å². The molecular formula is C19H20N2O5S. The number of para-hydroxylation sites is 1. The number of esters is 1. The fourth-order valence-electron chi connectivity index (χ4n) is 2.46. The number of benzene rings is 1. The molecule has 3 rings (SSSR count). The van der Waals surface area contributed by atoms with Crippen LogP contribution in [0.15, 0.2) is 58.0 Å². The minimum atomic E-state index is -3.64. The van der Waals surface area contributed by atoms with E-state index >= 15 is 0 Å². The second-order valence-corrected chi connectivity index (χ2v) is 8.25. The molecule has 0 saturated carbocycles. The largest absolute Gasteiger partial charge is 0.457 e. The highest BCUT2D eigenvalue weighted by Crippen LogP contribution is 2.18. The lowest BCUT2D eigenvalue weighted by Gasteiger charge is -2.08. The molecule has 0 fully saturated rings. The summed E-state index contributed by atoms with van der Waals surface area (Å²) in [6.45, 7) is -0.118. The molecule has 0 aliphatic carbocycles. The molecule has 0 aliphatic heterocycles. The molecule has 0 unspecified atom stereocenters. The molecule has 0 radical (unpaired) electrons. The van der Waals surface area contributed by atoms with E-state index in [1.54, 1.807) is 0 Å². The van der Waals surface area contributed by atoms with Crippen molar-refractivity contribution >= 4 is 26.9 Å². The molecule has 2 heterocycles. The number of furan rings is 1. The topological polar surface area (TPSA) is 89.7 Å². The highest BCUT2D eigenvalue weighted by Gasteiger charge is 2.21. The predicted molar refractivity (Wildman–Crippen MR) is 99.4 cm³/mol. The Morgan fingerprint density at radius 1 is 1.11 bits per heavy atom. The van der Waals surface area contributed by atoms with Crippen LogP contribution < -0.4 is 0 Å². The average molecular weight is 388 g/mol. The number of carbonyl (C=O) groups excluding carboxylic acids is 1. The van der Waals surface area contributed by atoms with Crippen LogP contribution in [-0.4, -0.2) is 37.8 Å². The normalized spacial score (nSPS) is 11.8. The van der Waals surface area contributed by atoms with Crippen molar-refractivity contribution in [2.24, 2.45) is 0 Å². The van der Waals surface area contributed by atoms with Crippen molar-refractivity contribution in [3.05, 3.63) is 60.0 Å². The molecule has 0 N–H and O–H groups in total. The van der Waals surface area contributed by atoms with E-state index in [0.717, 1.165) is 20.9 Å². The number of ether oxygens (including phenoxy) is 1. The Morgan fingerprint density at radius 3 is 2.67 bits per heavy atom. The summed E-state index contributed by atoms with van der Waals surface area (Å²) in [6.07, 6.45) is 0.636. The highest BCUT2D eigenvalue weighted by molar-refractivity contribution is 7.88. The number of rotatable bonds is 7. The molecule has 3 aromatic rings. The molecule has 0 spiro atoms. The molecule has 8 heteroatoms. The van der Waals surface area contributed by atoms with E-state index in [1.165, 1.54) is 26.2 Å². The molecule has 0 bridgehead atoms. The molecule has 142 valence electrons. The van der Waals surface area contributed by atoms with E-state index in [-0.39, 0.29) is 23.9 Å². The van der Waals surface area contributed by atoms with Gasteiger partial charge in [-0.3, -0.25) is 9.78 Å². The van der Waals surface area contributed by atoms with Crippen LogP contribution in [0.4, 0.5) is 0 Å². The number of aryl methyl sites for hydroxylation is 1. The van der Waals surface area contributed by atoms with Gasteiger partial charge >= 0.3 is 5.97 Å². The number of hydrogen-bond acceptors (Lipinski definition) is 6. The van der Waals surface area contributed by atoms with Gasteiger partial charge in [0, 0.05) is 31.6 Å². The van der Waals surface area contributed by atoms with Crippen LogP contribution in [0.25, 0.3) is 10.9 Å². The molecule has 0 aliphatic rings. The number of carbonyl (C=O) groups is 1. The minimum Gasteiger partial charge on any atom is -0.457 e. The smallest absolute Gasteiger partial charge is 0.306 e. The van der Waals surface area contributed by atoms with Crippen molar-refractivity contribution < 1.29 is 22.4 Å².